The molecule has 0 aliphatic heterocycles. The van der Waals surface area contributed by atoms with Gasteiger partial charge in [0.05, 0.1) is 0 Å². The van der Waals surface area contributed by atoms with Gasteiger partial charge in [-0.05, 0) is 65.1 Å². The fourth-order valence-electron chi connectivity index (χ4n) is 5.80. The molecule has 0 heteroatoms. The highest BCUT2D eigenvalue weighted by molar-refractivity contribution is 4.91. The summed E-state index contributed by atoms with van der Waals surface area (Å²) in [5.41, 5.74) is 0. The average Bonchev–Trinajstić information content (AvgIpc) is 2.39. The van der Waals surface area contributed by atoms with Gasteiger partial charge in [0.25, 0.3) is 0 Å². The maximum absolute atomic E-state index is 2.52. The molecule has 0 N–H and O–H groups in total. The normalized spacial score (nSPS) is 18.5. The van der Waals surface area contributed by atoms with Crippen LogP contribution in [0.4, 0.5) is 0 Å². The van der Waals surface area contributed by atoms with E-state index < -0.39 is 0 Å². The molecule has 0 aromatic rings. The molecule has 0 saturated carbocycles. The van der Waals surface area contributed by atoms with Crippen molar-refractivity contribution >= 4 is 0 Å². The topological polar surface area (TPSA) is 0 Å². The zero-order valence-electron chi connectivity index (χ0n) is 19.4. The first-order valence-corrected chi connectivity index (χ1v) is 10.8. The summed E-state index contributed by atoms with van der Waals surface area (Å²) >= 11 is 0. The second-order valence-corrected chi connectivity index (χ2v) is 10.6. The van der Waals surface area contributed by atoms with Gasteiger partial charge in [-0.3, -0.25) is 0 Å². The monoisotopic (exact) mass is 338 g/mol. The van der Waals surface area contributed by atoms with E-state index in [2.05, 4.69) is 90.0 Å². The molecule has 146 valence electrons. The summed E-state index contributed by atoms with van der Waals surface area (Å²) in [6, 6.07) is 0. The predicted octanol–water partition coefficient (Wildman–Crippen LogP) is 8.02. The highest BCUT2D eigenvalue weighted by Gasteiger charge is 2.43. The van der Waals surface area contributed by atoms with Crippen molar-refractivity contribution in [2.24, 2.45) is 65.1 Å². The predicted molar refractivity (Wildman–Crippen MR) is 112 cm³/mol. The largest absolute Gasteiger partial charge is 0.0625 e. The van der Waals surface area contributed by atoms with E-state index >= 15 is 0 Å². The Morgan fingerprint density at radius 1 is 0.250 bits per heavy atom. The van der Waals surface area contributed by atoms with Crippen LogP contribution in [0.25, 0.3) is 0 Å². The third-order valence-corrected chi connectivity index (χ3v) is 6.84. The van der Waals surface area contributed by atoms with Gasteiger partial charge in [-0.2, -0.15) is 0 Å². The number of hydrogen-bond donors (Lipinski definition) is 0. The molecule has 0 spiro atoms. The number of rotatable bonds is 10. The molecule has 0 aromatic carbocycles. The van der Waals surface area contributed by atoms with Crippen molar-refractivity contribution < 1.29 is 0 Å². The second-order valence-electron chi connectivity index (χ2n) is 10.6. The molecule has 24 heavy (non-hydrogen) atoms. The standard InChI is InChI=1S/C24H50/c1-14(2)20(13)22(17(7)8)24(19(11)12)23(18(9)10)21(15(3)4)16(5)6/h14-24H,1-13H3. The summed E-state index contributed by atoms with van der Waals surface area (Å²) < 4.78 is 0. The first kappa shape index (κ1) is 24.0. The molecular formula is C24H50. The lowest BCUT2D eigenvalue weighted by Crippen LogP contribution is -2.44. The van der Waals surface area contributed by atoms with Gasteiger partial charge in [-0.15, -0.1) is 0 Å². The van der Waals surface area contributed by atoms with Crippen LogP contribution in [0.5, 0.6) is 0 Å². The third-order valence-electron chi connectivity index (χ3n) is 6.84. The lowest BCUT2D eigenvalue weighted by atomic mass is 9.56. The van der Waals surface area contributed by atoms with Crippen LogP contribution in [-0.4, -0.2) is 0 Å². The van der Waals surface area contributed by atoms with E-state index in [9.17, 15) is 0 Å². The first-order chi connectivity index (χ1) is 10.8. The van der Waals surface area contributed by atoms with E-state index in [-0.39, 0.29) is 0 Å². The molecule has 0 heterocycles. The van der Waals surface area contributed by atoms with Crippen LogP contribution in [0, 0.1) is 65.1 Å². The minimum absolute atomic E-state index is 0.756. The molecule has 0 amide bonds. The molecule has 0 aromatic heterocycles. The molecule has 4 unspecified atom stereocenters. The Bertz CT molecular complexity index is 313. The Kier molecular flexibility index (Phi) is 10.2. The van der Waals surface area contributed by atoms with Gasteiger partial charge in [0.1, 0.15) is 0 Å². The van der Waals surface area contributed by atoms with Crippen molar-refractivity contribution in [3.05, 3.63) is 0 Å². The minimum Gasteiger partial charge on any atom is -0.0625 e. The summed E-state index contributed by atoms with van der Waals surface area (Å²) in [4.78, 5) is 0. The van der Waals surface area contributed by atoms with Crippen LogP contribution < -0.4 is 0 Å². The molecular weight excluding hydrogens is 288 g/mol. The first-order valence-electron chi connectivity index (χ1n) is 10.8. The second kappa shape index (κ2) is 10.2. The Morgan fingerprint density at radius 3 is 0.708 bits per heavy atom. The molecule has 0 bridgehead atoms. The van der Waals surface area contributed by atoms with Gasteiger partial charge in [-0.1, -0.05) is 90.0 Å². The van der Waals surface area contributed by atoms with Crippen LogP contribution in [0.2, 0.25) is 0 Å². The summed E-state index contributed by atoms with van der Waals surface area (Å²) in [5.74, 6) is 8.63. The maximum Gasteiger partial charge on any atom is -0.0324 e. The van der Waals surface area contributed by atoms with Gasteiger partial charge in [0, 0.05) is 0 Å². The molecule has 0 aliphatic rings. The Morgan fingerprint density at radius 2 is 0.500 bits per heavy atom. The number of hydrogen-bond acceptors (Lipinski definition) is 0. The maximum atomic E-state index is 2.52. The smallest absolute Gasteiger partial charge is 0.0324 e. The Balaban J connectivity index is 6.09. The third kappa shape index (κ3) is 6.06. The molecule has 0 saturated heterocycles. The van der Waals surface area contributed by atoms with E-state index in [0.717, 1.165) is 65.1 Å². The minimum atomic E-state index is 0.756. The molecule has 0 aliphatic carbocycles. The van der Waals surface area contributed by atoms with Crippen LogP contribution in [0.15, 0.2) is 0 Å². The van der Waals surface area contributed by atoms with Crippen molar-refractivity contribution in [2.45, 2.75) is 90.0 Å². The lowest BCUT2D eigenvalue weighted by molar-refractivity contribution is -0.0118. The van der Waals surface area contributed by atoms with Gasteiger partial charge in [0.15, 0.2) is 0 Å². The van der Waals surface area contributed by atoms with E-state index in [0.29, 0.717) is 0 Å². The fraction of sp³-hybridized carbons (Fsp3) is 1.00. The molecule has 4 atom stereocenters. The lowest BCUT2D eigenvalue weighted by Gasteiger charge is -2.49. The highest BCUT2D eigenvalue weighted by atomic mass is 14.5. The quantitative estimate of drug-likeness (QED) is 0.378. The molecule has 0 fully saturated rings. The molecule has 0 radical (unpaired) electrons. The zero-order chi connectivity index (χ0) is 19.4. The van der Waals surface area contributed by atoms with Crippen LogP contribution in [0.1, 0.15) is 90.0 Å². The van der Waals surface area contributed by atoms with Crippen molar-refractivity contribution in [1.82, 2.24) is 0 Å². The summed E-state index contributed by atoms with van der Waals surface area (Å²) in [7, 11) is 0. The highest BCUT2D eigenvalue weighted by Crippen LogP contribution is 2.48. The van der Waals surface area contributed by atoms with Gasteiger partial charge in [-0.25, -0.2) is 0 Å². The van der Waals surface area contributed by atoms with Gasteiger partial charge < -0.3 is 0 Å². The van der Waals surface area contributed by atoms with Gasteiger partial charge in [0.2, 0.25) is 0 Å². The van der Waals surface area contributed by atoms with E-state index in [1.54, 1.807) is 0 Å². The van der Waals surface area contributed by atoms with Crippen LogP contribution in [0.3, 0.4) is 0 Å². The van der Waals surface area contributed by atoms with E-state index in [1.165, 1.54) is 0 Å². The summed E-state index contributed by atoms with van der Waals surface area (Å²) in [6.45, 7) is 32.0. The molecule has 0 nitrogen and oxygen atoms in total. The average molecular weight is 339 g/mol. The van der Waals surface area contributed by atoms with Crippen molar-refractivity contribution in [2.75, 3.05) is 0 Å². The van der Waals surface area contributed by atoms with Crippen LogP contribution in [-0.2, 0) is 0 Å². The summed E-state index contributed by atoms with van der Waals surface area (Å²) in [5, 5.41) is 0. The summed E-state index contributed by atoms with van der Waals surface area (Å²) in [6.07, 6.45) is 0. The fourth-order valence-corrected chi connectivity index (χ4v) is 5.80. The Hall–Kier alpha value is 0. The van der Waals surface area contributed by atoms with Crippen molar-refractivity contribution in [3.63, 3.8) is 0 Å². The zero-order valence-corrected chi connectivity index (χ0v) is 19.4. The van der Waals surface area contributed by atoms with E-state index in [4.69, 9.17) is 0 Å². The van der Waals surface area contributed by atoms with E-state index in [1.807, 2.05) is 0 Å². The van der Waals surface area contributed by atoms with Crippen molar-refractivity contribution in [1.29, 1.82) is 0 Å². The van der Waals surface area contributed by atoms with Gasteiger partial charge >= 0.3 is 0 Å². The van der Waals surface area contributed by atoms with Crippen molar-refractivity contribution in [3.8, 4) is 0 Å². The Labute approximate surface area is 155 Å². The van der Waals surface area contributed by atoms with Crippen LogP contribution >= 0.6 is 0 Å². The molecule has 0 rings (SSSR count). The SMILES string of the molecule is CC(C)C(C)C(C(C)C)C(C(C)C)C(C(C)C)C(C(C)C)C(C)C.